The highest BCUT2D eigenvalue weighted by Gasteiger charge is 2.18. The molecule has 1 aromatic rings. The Morgan fingerprint density at radius 2 is 1.79 bits per heavy atom. The van der Waals surface area contributed by atoms with Crippen LogP contribution in [0.5, 0.6) is 5.75 Å². The summed E-state index contributed by atoms with van der Waals surface area (Å²) < 4.78 is 5.66. The second kappa shape index (κ2) is 6.92. The maximum Gasteiger partial charge on any atom is 0.303 e. The van der Waals surface area contributed by atoms with Gasteiger partial charge in [0.2, 0.25) is 0 Å². The standard InChI is InChI=1S/C15H20O4/c1-4-9-19-15-11(3)6-5-10(2)14(15)12(16)7-8-13(17)18/h5-6H,4,7-9H2,1-3H3,(H,17,18). The number of hydrogen-bond donors (Lipinski definition) is 1. The fourth-order valence-electron chi connectivity index (χ4n) is 1.87. The Hall–Kier alpha value is -1.84. The van der Waals surface area contributed by atoms with Crippen LogP contribution in [-0.4, -0.2) is 23.5 Å². The van der Waals surface area contributed by atoms with Crippen LogP contribution in [0.4, 0.5) is 0 Å². The van der Waals surface area contributed by atoms with E-state index in [1.54, 1.807) is 0 Å². The number of ether oxygens (including phenoxy) is 1. The monoisotopic (exact) mass is 264 g/mol. The Morgan fingerprint density at radius 3 is 2.37 bits per heavy atom. The predicted octanol–water partition coefficient (Wildman–Crippen LogP) is 3.14. The Balaban J connectivity index is 3.05. The molecule has 4 nitrogen and oxygen atoms in total. The number of carboxylic acid groups (broad SMARTS) is 1. The second-order valence-corrected chi connectivity index (χ2v) is 4.57. The molecule has 1 aromatic carbocycles. The molecule has 4 heteroatoms. The van der Waals surface area contributed by atoms with Crippen molar-refractivity contribution in [2.45, 2.75) is 40.0 Å². The van der Waals surface area contributed by atoms with Crippen LogP contribution >= 0.6 is 0 Å². The minimum absolute atomic E-state index is 0.00209. The van der Waals surface area contributed by atoms with Gasteiger partial charge in [-0.25, -0.2) is 0 Å². The molecule has 0 aliphatic heterocycles. The van der Waals surface area contributed by atoms with Gasteiger partial charge in [-0.05, 0) is 31.4 Å². The molecule has 19 heavy (non-hydrogen) atoms. The highest BCUT2D eigenvalue weighted by Crippen LogP contribution is 2.28. The molecule has 0 amide bonds. The maximum atomic E-state index is 12.2. The number of ketones is 1. The number of carboxylic acids is 1. The summed E-state index contributed by atoms with van der Waals surface area (Å²) >= 11 is 0. The van der Waals surface area contributed by atoms with Crippen LogP contribution in [0.1, 0.15) is 47.7 Å². The smallest absolute Gasteiger partial charge is 0.303 e. The minimum atomic E-state index is -0.963. The Labute approximate surface area is 113 Å². The molecule has 0 saturated heterocycles. The molecule has 0 aromatic heterocycles. The number of carbonyl (C=O) groups is 2. The highest BCUT2D eigenvalue weighted by molar-refractivity contribution is 6.01. The number of benzene rings is 1. The zero-order valence-electron chi connectivity index (χ0n) is 11.7. The van der Waals surface area contributed by atoms with Gasteiger partial charge in [-0.2, -0.15) is 0 Å². The van der Waals surface area contributed by atoms with Crippen LogP contribution in [0, 0.1) is 13.8 Å². The van der Waals surface area contributed by atoms with Crippen LogP contribution in [-0.2, 0) is 4.79 Å². The lowest BCUT2D eigenvalue weighted by molar-refractivity contribution is -0.136. The Bertz CT molecular complexity index is 477. The molecule has 104 valence electrons. The van der Waals surface area contributed by atoms with E-state index in [4.69, 9.17) is 9.84 Å². The summed E-state index contributed by atoms with van der Waals surface area (Å²) in [6.45, 7) is 6.27. The Kier molecular flexibility index (Phi) is 5.55. The van der Waals surface area contributed by atoms with E-state index in [1.807, 2.05) is 32.9 Å². The molecule has 1 N–H and O–H groups in total. The molecule has 0 spiro atoms. The van der Waals surface area contributed by atoms with Crippen molar-refractivity contribution < 1.29 is 19.4 Å². The van der Waals surface area contributed by atoms with Crippen molar-refractivity contribution in [1.29, 1.82) is 0 Å². The average molecular weight is 264 g/mol. The van der Waals surface area contributed by atoms with E-state index < -0.39 is 5.97 Å². The average Bonchev–Trinajstić information content (AvgIpc) is 2.36. The normalized spacial score (nSPS) is 10.3. The molecule has 0 fully saturated rings. The summed E-state index contributed by atoms with van der Waals surface area (Å²) in [5, 5.41) is 8.66. The third-order valence-corrected chi connectivity index (χ3v) is 2.86. The quantitative estimate of drug-likeness (QED) is 0.768. The van der Waals surface area contributed by atoms with Gasteiger partial charge in [-0.1, -0.05) is 19.1 Å². The molecule has 0 bridgehead atoms. The molecule has 0 aliphatic rings. The van der Waals surface area contributed by atoms with E-state index >= 15 is 0 Å². The zero-order valence-corrected chi connectivity index (χ0v) is 11.7. The molecule has 0 saturated carbocycles. The van der Waals surface area contributed by atoms with E-state index in [-0.39, 0.29) is 18.6 Å². The van der Waals surface area contributed by atoms with Gasteiger partial charge in [0, 0.05) is 6.42 Å². The van der Waals surface area contributed by atoms with Gasteiger partial charge in [0.1, 0.15) is 5.75 Å². The molecule has 0 atom stereocenters. The topological polar surface area (TPSA) is 63.6 Å². The predicted molar refractivity (Wildman–Crippen MR) is 72.9 cm³/mol. The number of hydrogen-bond acceptors (Lipinski definition) is 3. The van der Waals surface area contributed by atoms with Crippen molar-refractivity contribution in [3.63, 3.8) is 0 Å². The second-order valence-electron chi connectivity index (χ2n) is 4.57. The minimum Gasteiger partial charge on any atom is -0.493 e. The summed E-state index contributed by atoms with van der Waals surface area (Å²) in [4.78, 5) is 22.7. The number of carbonyl (C=O) groups excluding carboxylic acids is 1. The van der Waals surface area contributed by atoms with Crippen molar-refractivity contribution in [1.82, 2.24) is 0 Å². The van der Waals surface area contributed by atoms with Crippen molar-refractivity contribution in [3.05, 3.63) is 28.8 Å². The molecular weight excluding hydrogens is 244 g/mol. The fourth-order valence-corrected chi connectivity index (χ4v) is 1.87. The lowest BCUT2D eigenvalue weighted by Crippen LogP contribution is -2.10. The molecule has 0 heterocycles. The first-order valence-electron chi connectivity index (χ1n) is 6.45. The number of rotatable bonds is 7. The number of aryl methyl sites for hydroxylation is 2. The van der Waals surface area contributed by atoms with Gasteiger partial charge < -0.3 is 9.84 Å². The van der Waals surface area contributed by atoms with Crippen LogP contribution in [0.15, 0.2) is 12.1 Å². The summed E-state index contributed by atoms with van der Waals surface area (Å²) in [5.41, 5.74) is 2.25. The zero-order chi connectivity index (χ0) is 14.4. The molecule has 0 aliphatic carbocycles. The number of Topliss-reactive ketones (excluding diaryl/α,β-unsaturated/α-hetero) is 1. The van der Waals surface area contributed by atoms with Crippen LogP contribution < -0.4 is 4.74 Å². The largest absolute Gasteiger partial charge is 0.493 e. The van der Waals surface area contributed by atoms with Gasteiger partial charge in [0.15, 0.2) is 5.78 Å². The first kappa shape index (κ1) is 15.2. The Morgan fingerprint density at radius 1 is 1.16 bits per heavy atom. The van der Waals surface area contributed by atoms with Crippen molar-refractivity contribution >= 4 is 11.8 Å². The van der Waals surface area contributed by atoms with Gasteiger partial charge >= 0.3 is 5.97 Å². The summed E-state index contributed by atoms with van der Waals surface area (Å²) in [7, 11) is 0. The van der Waals surface area contributed by atoms with Crippen LogP contribution in [0.25, 0.3) is 0 Å². The van der Waals surface area contributed by atoms with Crippen LogP contribution in [0.2, 0.25) is 0 Å². The van der Waals surface area contributed by atoms with Crippen molar-refractivity contribution in [3.8, 4) is 5.75 Å². The third kappa shape index (κ3) is 4.09. The summed E-state index contributed by atoms with van der Waals surface area (Å²) in [6.07, 6.45) is 0.706. The summed E-state index contributed by atoms with van der Waals surface area (Å²) in [6, 6.07) is 3.77. The first-order valence-corrected chi connectivity index (χ1v) is 6.45. The molecular formula is C15H20O4. The van der Waals surface area contributed by atoms with Crippen molar-refractivity contribution in [2.24, 2.45) is 0 Å². The maximum absolute atomic E-state index is 12.2. The SMILES string of the molecule is CCCOc1c(C)ccc(C)c1C(=O)CCC(=O)O. The van der Waals surface area contributed by atoms with E-state index in [0.717, 1.165) is 17.5 Å². The lowest BCUT2D eigenvalue weighted by Gasteiger charge is -2.15. The van der Waals surface area contributed by atoms with Crippen LogP contribution in [0.3, 0.4) is 0 Å². The van der Waals surface area contributed by atoms with E-state index in [0.29, 0.717) is 17.9 Å². The van der Waals surface area contributed by atoms with Gasteiger partial charge in [-0.15, -0.1) is 0 Å². The van der Waals surface area contributed by atoms with E-state index in [1.165, 1.54) is 0 Å². The van der Waals surface area contributed by atoms with Gasteiger partial charge in [0.25, 0.3) is 0 Å². The molecule has 1 rings (SSSR count). The highest BCUT2D eigenvalue weighted by atomic mass is 16.5. The summed E-state index contributed by atoms with van der Waals surface area (Å²) in [5.74, 6) is -0.540. The molecule has 0 radical (unpaired) electrons. The van der Waals surface area contributed by atoms with Gasteiger partial charge in [0.05, 0.1) is 18.6 Å². The first-order chi connectivity index (χ1) is 8.97. The molecule has 0 unspecified atom stereocenters. The lowest BCUT2D eigenvalue weighted by atomic mass is 9.97. The van der Waals surface area contributed by atoms with Crippen molar-refractivity contribution in [2.75, 3.05) is 6.61 Å². The number of aliphatic carboxylic acids is 1. The van der Waals surface area contributed by atoms with E-state index in [2.05, 4.69) is 0 Å². The van der Waals surface area contributed by atoms with Gasteiger partial charge in [-0.3, -0.25) is 9.59 Å². The third-order valence-electron chi connectivity index (χ3n) is 2.86. The van der Waals surface area contributed by atoms with E-state index in [9.17, 15) is 9.59 Å². The fraction of sp³-hybridized carbons (Fsp3) is 0.467.